The number of nitrogens with zero attached hydrogens (tertiary/aromatic N) is 1. The van der Waals surface area contributed by atoms with Crippen molar-refractivity contribution in [3.8, 4) is 0 Å². The first kappa shape index (κ1) is 26.0. The van der Waals surface area contributed by atoms with Gasteiger partial charge in [0.1, 0.15) is 0 Å². The Bertz CT molecular complexity index is 922. The molecule has 1 aliphatic heterocycles. The van der Waals surface area contributed by atoms with E-state index < -0.39 is 15.4 Å². The minimum Gasteiger partial charge on any atom is -0.748 e. The highest BCUT2D eigenvalue weighted by molar-refractivity contribution is 7.86. The van der Waals surface area contributed by atoms with Gasteiger partial charge < -0.3 is 14.6 Å². The summed E-state index contributed by atoms with van der Waals surface area (Å²) < 4.78 is 34.0. The summed E-state index contributed by atoms with van der Waals surface area (Å²) in [7, 11) is -4.32. The van der Waals surface area contributed by atoms with Crippen molar-refractivity contribution in [1.82, 2.24) is 4.90 Å². The van der Waals surface area contributed by atoms with Gasteiger partial charge in [-0.2, -0.15) is 0 Å². The molecule has 5 fully saturated rings. The van der Waals surface area contributed by atoms with Gasteiger partial charge in [0.25, 0.3) is 0 Å². The third kappa shape index (κ3) is 4.50. The van der Waals surface area contributed by atoms with Crippen LogP contribution in [0.25, 0.3) is 0 Å². The normalized spacial score (nSPS) is 46.5. The van der Waals surface area contributed by atoms with E-state index in [-0.39, 0.29) is 25.0 Å². The van der Waals surface area contributed by atoms with Gasteiger partial charge in [-0.25, -0.2) is 8.42 Å². The van der Waals surface area contributed by atoms with Crippen LogP contribution in [0.4, 0.5) is 0 Å². The lowest BCUT2D eigenvalue weighted by atomic mass is 9.44. The molecule has 10 atom stereocenters. The van der Waals surface area contributed by atoms with Crippen molar-refractivity contribution in [3.63, 3.8) is 0 Å². The summed E-state index contributed by atoms with van der Waals surface area (Å²) in [4.78, 5) is 14.4. The van der Waals surface area contributed by atoms with Crippen molar-refractivity contribution in [3.05, 3.63) is 0 Å². The highest BCUT2D eigenvalue weighted by atomic mass is 32.2. The Morgan fingerprint density at radius 2 is 1.74 bits per heavy atom. The monoisotopic (exact) mass is 508 g/mol. The second kappa shape index (κ2) is 9.27. The molecule has 5 aliphatic rings. The van der Waals surface area contributed by atoms with Crippen molar-refractivity contribution in [1.29, 1.82) is 0 Å². The largest absolute Gasteiger partial charge is 0.748 e. The fourth-order valence-electron chi connectivity index (χ4n) is 10.1. The number of aliphatic hydroxyl groups excluding tert-OH is 1. The van der Waals surface area contributed by atoms with E-state index in [0.717, 1.165) is 37.0 Å². The van der Waals surface area contributed by atoms with E-state index >= 15 is 0 Å². The zero-order chi connectivity index (χ0) is 25.2. The fourth-order valence-corrected chi connectivity index (χ4v) is 10.9. The van der Waals surface area contributed by atoms with Gasteiger partial charge in [0.2, 0.25) is 5.91 Å². The van der Waals surface area contributed by atoms with E-state index in [1.54, 1.807) is 4.90 Å². The maximum Gasteiger partial charge on any atom is 0.222 e. The van der Waals surface area contributed by atoms with Crippen LogP contribution in [0.5, 0.6) is 0 Å². The van der Waals surface area contributed by atoms with E-state index in [4.69, 9.17) is 0 Å². The Hall–Kier alpha value is -0.660. The Morgan fingerprint density at radius 3 is 2.46 bits per heavy atom. The van der Waals surface area contributed by atoms with Crippen LogP contribution < -0.4 is 0 Å². The molecule has 35 heavy (non-hydrogen) atoms. The molecular formula is C28H46NO5S-. The molecule has 0 unspecified atom stereocenters. The highest BCUT2D eigenvalue weighted by Gasteiger charge is 2.60. The van der Waals surface area contributed by atoms with Crippen LogP contribution in [0.1, 0.15) is 97.8 Å². The third-order valence-corrected chi connectivity index (χ3v) is 13.3. The Morgan fingerprint density at radius 1 is 1.03 bits per heavy atom. The molecule has 1 heterocycles. The van der Waals surface area contributed by atoms with Gasteiger partial charge in [0, 0.05) is 19.5 Å². The van der Waals surface area contributed by atoms with Crippen molar-refractivity contribution < 1.29 is 22.9 Å². The molecule has 0 radical (unpaired) electrons. The number of carbonyl (C=O) groups excluding carboxylic acids is 1. The summed E-state index contributed by atoms with van der Waals surface area (Å²) in [5.41, 5.74) is 0.765. The molecule has 0 spiro atoms. The first-order valence-corrected chi connectivity index (χ1v) is 15.8. The van der Waals surface area contributed by atoms with Crippen molar-refractivity contribution >= 4 is 16.0 Å². The van der Waals surface area contributed by atoms with Crippen LogP contribution in [-0.2, 0) is 14.9 Å². The molecule has 0 aromatic carbocycles. The number of likely N-dealkylation sites (tertiary alicyclic amines) is 1. The van der Waals surface area contributed by atoms with E-state index in [0.29, 0.717) is 41.5 Å². The Kier molecular flexibility index (Phi) is 6.88. The average molecular weight is 509 g/mol. The molecule has 200 valence electrons. The molecule has 7 heteroatoms. The molecule has 0 aromatic heterocycles. The molecule has 5 rings (SSSR count). The number of fused-ring (bicyclic) bond motifs is 5. The maximum atomic E-state index is 12.8. The lowest BCUT2D eigenvalue weighted by Gasteiger charge is -2.61. The minimum absolute atomic E-state index is 0.0112. The van der Waals surface area contributed by atoms with Gasteiger partial charge in [-0.1, -0.05) is 20.8 Å². The first-order valence-electron chi connectivity index (χ1n) is 14.3. The van der Waals surface area contributed by atoms with E-state index in [9.17, 15) is 22.9 Å². The van der Waals surface area contributed by atoms with E-state index in [2.05, 4.69) is 20.8 Å². The van der Waals surface area contributed by atoms with Crippen LogP contribution in [0.15, 0.2) is 0 Å². The van der Waals surface area contributed by atoms with E-state index in [1.165, 1.54) is 44.9 Å². The summed E-state index contributed by atoms with van der Waals surface area (Å²) in [5.74, 6) is 4.24. The summed E-state index contributed by atoms with van der Waals surface area (Å²) in [6.45, 7) is 7.88. The molecule has 4 aliphatic carbocycles. The van der Waals surface area contributed by atoms with Gasteiger partial charge in [-0.05, 0) is 117 Å². The predicted octanol–water partition coefficient (Wildman–Crippen LogP) is 4.57. The average Bonchev–Trinajstić information content (AvgIpc) is 3.43. The number of carbonyl (C=O) groups is 1. The second-order valence-electron chi connectivity index (χ2n) is 13.6. The van der Waals surface area contributed by atoms with Crippen LogP contribution in [0.2, 0.25) is 0 Å². The highest BCUT2D eigenvalue weighted by Crippen LogP contribution is 2.68. The molecular weight excluding hydrogens is 462 g/mol. The van der Waals surface area contributed by atoms with Crippen molar-refractivity contribution in [2.45, 2.75) is 109 Å². The Labute approximate surface area is 212 Å². The zero-order valence-corrected chi connectivity index (χ0v) is 22.8. The number of amides is 1. The minimum atomic E-state index is -4.32. The fraction of sp³-hybridized carbons (Fsp3) is 0.964. The summed E-state index contributed by atoms with van der Waals surface area (Å²) in [6, 6.07) is 0. The summed E-state index contributed by atoms with van der Waals surface area (Å²) >= 11 is 0. The first-order chi connectivity index (χ1) is 16.4. The lowest BCUT2D eigenvalue weighted by Crippen LogP contribution is -2.54. The van der Waals surface area contributed by atoms with Gasteiger partial charge in [-0.15, -0.1) is 0 Å². The standard InChI is InChI=1S/C28H47NO5S/c1-18(4-9-26(31)29-15-12-21(17-29)35(32,33)34)23-7-8-24-22-6-5-19-16-20(30)10-13-27(19,2)25(22)11-14-28(23,24)3/h18-25,30H,4-17H2,1-3H3,(H,32,33,34)/p-1/t18-,19-,20-,21-,22+,23-,24+,25+,27+,28-/m1/s1. The maximum absolute atomic E-state index is 12.8. The Balaban J connectivity index is 1.20. The quantitative estimate of drug-likeness (QED) is 0.549. The molecule has 6 nitrogen and oxygen atoms in total. The molecule has 4 saturated carbocycles. The summed E-state index contributed by atoms with van der Waals surface area (Å²) in [6.07, 6.45) is 12.5. The van der Waals surface area contributed by atoms with Gasteiger partial charge in [0.15, 0.2) is 0 Å². The van der Waals surface area contributed by atoms with Crippen LogP contribution in [0.3, 0.4) is 0 Å². The summed E-state index contributed by atoms with van der Waals surface area (Å²) in [5, 5.41) is 9.35. The van der Waals surface area contributed by atoms with Crippen molar-refractivity contribution in [2.24, 2.45) is 46.3 Å². The topological polar surface area (TPSA) is 97.7 Å². The van der Waals surface area contributed by atoms with Gasteiger partial charge in [0.05, 0.1) is 21.5 Å². The van der Waals surface area contributed by atoms with E-state index in [1.807, 2.05) is 0 Å². The smallest absolute Gasteiger partial charge is 0.222 e. The SMILES string of the molecule is C[C@H](CCC(=O)N1CC[C@@H](S(=O)(=O)[O-])C1)[C@H]1CC[C@H]2[C@@H]3CC[C@@H]4C[C@H](O)CC[C@]4(C)[C@H]3CC[C@]12C. The predicted molar refractivity (Wildman–Crippen MR) is 134 cm³/mol. The van der Waals surface area contributed by atoms with Crippen LogP contribution in [0, 0.1) is 46.3 Å². The number of rotatable bonds is 5. The molecule has 1 amide bonds. The number of hydrogen-bond donors (Lipinski definition) is 1. The van der Waals surface area contributed by atoms with Crippen LogP contribution in [-0.4, -0.2) is 53.3 Å². The molecule has 0 bridgehead atoms. The van der Waals surface area contributed by atoms with Gasteiger partial charge >= 0.3 is 0 Å². The molecule has 0 aromatic rings. The third-order valence-electron chi connectivity index (χ3n) is 12.1. The number of hydrogen-bond acceptors (Lipinski definition) is 5. The van der Waals surface area contributed by atoms with Gasteiger partial charge in [-0.3, -0.25) is 4.79 Å². The molecule has 1 saturated heterocycles. The second-order valence-corrected chi connectivity index (χ2v) is 15.2. The van der Waals surface area contributed by atoms with Crippen molar-refractivity contribution in [2.75, 3.05) is 13.1 Å². The van der Waals surface area contributed by atoms with Crippen LogP contribution >= 0.6 is 0 Å². The lowest BCUT2D eigenvalue weighted by molar-refractivity contribution is -0.132. The zero-order valence-electron chi connectivity index (χ0n) is 22.0. The molecule has 1 N–H and O–H groups in total. The number of aliphatic hydroxyl groups is 1.